The van der Waals surface area contributed by atoms with Crippen molar-refractivity contribution in [3.63, 3.8) is 0 Å². The molecule has 3 heterocycles. The van der Waals surface area contributed by atoms with E-state index in [-0.39, 0.29) is 24.4 Å². The highest BCUT2D eigenvalue weighted by Crippen LogP contribution is 2.31. The number of carbonyl (C=O) groups excluding carboxylic acids is 3. The molecule has 1 saturated heterocycles. The molecule has 7 nitrogen and oxygen atoms in total. The molecule has 146 valence electrons. The number of hydrogen-bond donors (Lipinski definition) is 2. The van der Waals surface area contributed by atoms with Gasteiger partial charge in [-0.2, -0.15) is 11.3 Å². The zero-order chi connectivity index (χ0) is 19.7. The Labute approximate surface area is 167 Å². The molecule has 0 bridgehead atoms. The van der Waals surface area contributed by atoms with Crippen molar-refractivity contribution in [1.29, 1.82) is 0 Å². The van der Waals surface area contributed by atoms with Gasteiger partial charge < -0.3 is 20.4 Å². The van der Waals surface area contributed by atoms with Gasteiger partial charge in [-0.25, -0.2) is 4.79 Å². The molecule has 28 heavy (non-hydrogen) atoms. The van der Waals surface area contributed by atoms with Gasteiger partial charge in [0.05, 0.1) is 17.8 Å². The fourth-order valence-corrected chi connectivity index (χ4v) is 4.25. The Hall–Kier alpha value is -2.87. The molecule has 1 aromatic heterocycles. The van der Waals surface area contributed by atoms with Crippen LogP contribution in [0.4, 0.5) is 10.5 Å². The smallest absolute Gasteiger partial charge is 0.317 e. The number of anilines is 1. The molecular weight excluding hydrogens is 376 g/mol. The molecule has 0 saturated carbocycles. The van der Waals surface area contributed by atoms with Crippen LogP contribution in [0.15, 0.2) is 35.0 Å². The number of amides is 4. The lowest BCUT2D eigenvalue weighted by molar-refractivity contribution is -0.121. The molecule has 1 fully saturated rings. The molecule has 1 atom stereocenters. The van der Waals surface area contributed by atoms with E-state index in [0.29, 0.717) is 30.9 Å². The van der Waals surface area contributed by atoms with Gasteiger partial charge in [0.2, 0.25) is 5.91 Å². The van der Waals surface area contributed by atoms with Crippen LogP contribution in [-0.4, -0.2) is 59.9 Å². The van der Waals surface area contributed by atoms with E-state index in [9.17, 15) is 14.4 Å². The van der Waals surface area contributed by atoms with Gasteiger partial charge >= 0.3 is 6.03 Å². The van der Waals surface area contributed by atoms with Crippen LogP contribution in [0.5, 0.6) is 0 Å². The van der Waals surface area contributed by atoms with Crippen molar-refractivity contribution in [2.45, 2.75) is 19.4 Å². The minimum Gasteiger partial charge on any atom is -0.338 e. The van der Waals surface area contributed by atoms with Crippen LogP contribution in [0.25, 0.3) is 11.1 Å². The molecule has 4 amide bonds. The zero-order valence-corrected chi connectivity index (χ0v) is 16.4. The first-order valence-corrected chi connectivity index (χ1v) is 10.3. The molecule has 4 rings (SSSR count). The summed E-state index contributed by atoms with van der Waals surface area (Å²) in [6.07, 6.45) is 0.843. The lowest BCUT2D eigenvalue weighted by atomic mass is 10.0. The Morgan fingerprint density at radius 1 is 1.25 bits per heavy atom. The number of thiophene rings is 1. The second-order valence-corrected chi connectivity index (χ2v) is 7.73. The van der Waals surface area contributed by atoms with Gasteiger partial charge in [0.1, 0.15) is 6.04 Å². The molecular formula is C20H22N4O3S. The normalized spacial score (nSPS) is 18.8. The SMILES string of the molecule is CCCNC(=O)N1CCN2C(=O)c3cc(-c4ccsc4)ccc3NC(=O)C2C1. The Morgan fingerprint density at radius 2 is 2.11 bits per heavy atom. The van der Waals surface area contributed by atoms with Crippen molar-refractivity contribution in [2.75, 3.05) is 31.5 Å². The largest absolute Gasteiger partial charge is 0.338 e. The van der Waals surface area contributed by atoms with Crippen LogP contribution in [0.3, 0.4) is 0 Å². The Morgan fingerprint density at radius 3 is 2.86 bits per heavy atom. The van der Waals surface area contributed by atoms with E-state index in [1.165, 1.54) is 0 Å². The molecule has 1 unspecified atom stereocenters. The summed E-state index contributed by atoms with van der Waals surface area (Å²) in [5.41, 5.74) is 3.00. The second-order valence-electron chi connectivity index (χ2n) is 6.95. The van der Waals surface area contributed by atoms with Crippen LogP contribution in [0, 0.1) is 0 Å². The number of hydrogen-bond acceptors (Lipinski definition) is 4. The van der Waals surface area contributed by atoms with Crippen molar-refractivity contribution >= 4 is 34.9 Å². The summed E-state index contributed by atoms with van der Waals surface area (Å²) < 4.78 is 0. The van der Waals surface area contributed by atoms with Crippen LogP contribution >= 0.6 is 11.3 Å². The van der Waals surface area contributed by atoms with E-state index in [2.05, 4.69) is 10.6 Å². The highest BCUT2D eigenvalue weighted by Gasteiger charge is 2.40. The number of piperazine rings is 1. The van der Waals surface area contributed by atoms with E-state index < -0.39 is 6.04 Å². The van der Waals surface area contributed by atoms with Crippen molar-refractivity contribution in [2.24, 2.45) is 0 Å². The molecule has 2 N–H and O–H groups in total. The Balaban J connectivity index is 1.60. The topological polar surface area (TPSA) is 81.8 Å². The van der Waals surface area contributed by atoms with Crippen molar-refractivity contribution in [3.8, 4) is 11.1 Å². The van der Waals surface area contributed by atoms with Crippen LogP contribution in [0.1, 0.15) is 23.7 Å². The third-order valence-corrected chi connectivity index (χ3v) is 5.80. The summed E-state index contributed by atoms with van der Waals surface area (Å²) in [6.45, 7) is 3.50. The number of urea groups is 1. The maximum absolute atomic E-state index is 13.2. The minimum absolute atomic E-state index is 0.177. The zero-order valence-electron chi connectivity index (χ0n) is 15.6. The lowest BCUT2D eigenvalue weighted by Gasteiger charge is -2.39. The van der Waals surface area contributed by atoms with Crippen LogP contribution < -0.4 is 10.6 Å². The average Bonchev–Trinajstić information content (AvgIpc) is 3.23. The summed E-state index contributed by atoms with van der Waals surface area (Å²) >= 11 is 1.60. The van der Waals surface area contributed by atoms with Gasteiger partial charge in [-0.3, -0.25) is 9.59 Å². The van der Waals surface area contributed by atoms with Crippen LogP contribution in [-0.2, 0) is 4.79 Å². The molecule has 0 spiro atoms. The number of carbonyl (C=O) groups is 3. The predicted octanol–water partition coefficient (Wildman–Crippen LogP) is 2.61. The maximum Gasteiger partial charge on any atom is 0.317 e. The third-order valence-electron chi connectivity index (χ3n) is 5.12. The fraction of sp³-hybridized carbons (Fsp3) is 0.350. The molecule has 0 radical (unpaired) electrons. The average molecular weight is 398 g/mol. The monoisotopic (exact) mass is 398 g/mol. The van der Waals surface area contributed by atoms with Crippen molar-refractivity contribution < 1.29 is 14.4 Å². The Bertz CT molecular complexity index is 912. The number of benzene rings is 1. The predicted molar refractivity (Wildman–Crippen MR) is 108 cm³/mol. The number of rotatable bonds is 3. The summed E-state index contributed by atoms with van der Waals surface area (Å²) in [5, 5.41) is 9.72. The summed E-state index contributed by atoms with van der Waals surface area (Å²) in [6, 6.07) is 6.64. The van der Waals surface area contributed by atoms with E-state index in [1.807, 2.05) is 35.9 Å². The molecule has 8 heteroatoms. The molecule has 0 aliphatic carbocycles. The lowest BCUT2D eigenvalue weighted by Crippen LogP contribution is -2.60. The minimum atomic E-state index is -0.689. The molecule has 2 aliphatic heterocycles. The maximum atomic E-state index is 13.2. The second kappa shape index (κ2) is 7.63. The summed E-state index contributed by atoms with van der Waals surface area (Å²) in [7, 11) is 0. The van der Waals surface area contributed by atoms with Crippen LogP contribution in [0.2, 0.25) is 0 Å². The quantitative estimate of drug-likeness (QED) is 0.834. The summed E-state index contributed by atoms with van der Waals surface area (Å²) in [5.74, 6) is -0.438. The van der Waals surface area contributed by atoms with E-state index >= 15 is 0 Å². The first kappa shape index (κ1) is 18.5. The standard InChI is InChI=1S/C20H22N4O3S/c1-2-6-21-20(27)23-7-8-24-17(11-23)18(25)22-16-4-3-13(10-15(16)19(24)26)14-5-9-28-12-14/h3-5,9-10,12,17H,2,6-8,11H2,1H3,(H,21,27)(H,22,25). The summed E-state index contributed by atoms with van der Waals surface area (Å²) in [4.78, 5) is 41.5. The van der Waals surface area contributed by atoms with Gasteiger partial charge in [-0.1, -0.05) is 13.0 Å². The molecule has 2 aliphatic rings. The van der Waals surface area contributed by atoms with Gasteiger partial charge in [0, 0.05) is 19.6 Å². The van der Waals surface area contributed by atoms with Gasteiger partial charge in [-0.15, -0.1) is 0 Å². The van der Waals surface area contributed by atoms with Gasteiger partial charge in [0.25, 0.3) is 5.91 Å². The molecule has 2 aromatic rings. The molecule has 1 aromatic carbocycles. The first-order chi connectivity index (χ1) is 13.6. The van der Waals surface area contributed by atoms with Gasteiger partial charge in [0.15, 0.2) is 0 Å². The van der Waals surface area contributed by atoms with E-state index in [4.69, 9.17) is 0 Å². The van der Waals surface area contributed by atoms with Crippen molar-refractivity contribution in [3.05, 3.63) is 40.6 Å². The highest BCUT2D eigenvalue weighted by atomic mass is 32.1. The van der Waals surface area contributed by atoms with E-state index in [1.54, 1.807) is 27.2 Å². The van der Waals surface area contributed by atoms with E-state index in [0.717, 1.165) is 17.5 Å². The third kappa shape index (κ3) is 3.35. The fourth-order valence-electron chi connectivity index (χ4n) is 3.59. The number of fused-ring (bicyclic) bond motifs is 2. The highest BCUT2D eigenvalue weighted by molar-refractivity contribution is 7.08. The van der Waals surface area contributed by atoms with Gasteiger partial charge in [-0.05, 0) is 46.5 Å². The number of nitrogens with one attached hydrogen (secondary N) is 2. The van der Waals surface area contributed by atoms with Crippen molar-refractivity contribution in [1.82, 2.24) is 15.1 Å². The Kier molecular flexibility index (Phi) is 5.04. The number of nitrogens with zero attached hydrogens (tertiary/aromatic N) is 2. The first-order valence-electron chi connectivity index (χ1n) is 9.39.